The third-order valence-electron chi connectivity index (χ3n) is 1.63. The zero-order valence-corrected chi connectivity index (χ0v) is 6.72. The summed E-state index contributed by atoms with van der Waals surface area (Å²) >= 11 is 0. The van der Waals surface area contributed by atoms with Gasteiger partial charge in [-0.1, -0.05) is 6.08 Å². The Morgan fingerprint density at radius 1 is 1.70 bits per heavy atom. The van der Waals surface area contributed by atoms with E-state index in [-0.39, 0.29) is 0 Å². The molecule has 2 nitrogen and oxygen atoms in total. The van der Waals surface area contributed by atoms with Crippen LogP contribution >= 0.6 is 0 Å². The second-order valence-electron chi connectivity index (χ2n) is 2.61. The van der Waals surface area contributed by atoms with Crippen LogP contribution in [0.25, 0.3) is 0 Å². The highest BCUT2D eigenvalue weighted by atomic mass is 16.5. The summed E-state index contributed by atoms with van der Waals surface area (Å²) in [6.45, 7) is 4.11. The molecule has 1 atom stereocenters. The average Bonchev–Trinajstić information content (AvgIpc) is 1.94. The van der Waals surface area contributed by atoms with Crippen LogP contribution in [0.3, 0.4) is 0 Å². The van der Waals surface area contributed by atoms with Crippen molar-refractivity contribution in [3.8, 4) is 0 Å². The molecule has 0 radical (unpaired) electrons. The maximum absolute atomic E-state index is 5.06. The Morgan fingerprint density at radius 2 is 2.40 bits per heavy atom. The van der Waals surface area contributed by atoms with E-state index in [2.05, 4.69) is 18.0 Å². The Morgan fingerprint density at radius 3 is 2.90 bits per heavy atom. The zero-order valence-electron chi connectivity index (χ0n) is 6.72. The van der Waals surface area contributed by atoms with Gasteiger partial charge in [0.1, 0.15) is 0 Å². The summed E-state index contributed by atoms with van der Waals surface area (Å²) in [4.78, 5) is 4.31. The van der Waals surface area contributed by atoms with E-state index < -0.39 is 0 Å². The van der Waals surface area contributed by atoms with E-state index in [1.165, 1.54) is 0 Å². The molecule has 0 aromatic carbocycles. The van der Waals surface area contributed by atoms with Crippen LogP contribution in [-0.2, 0) is 4.74 Å². The first-order valence-electron chi connectivity index (χ1n) is 3.53. The molecule has 1 unspecified atom stereocenters. The lowest BCUT2D eigenvalue weighted by Gasteiger charge is -2.14. The fourth-order valence-corrected chi connectivity index (χ4v) is 1.00. The first kappa shape index (κ1) is 7.32. The van der Waals surface area contributed by atoms with Gasteiger partial charge in [0.15, 0.2) is 0 Å². The predicted molar refractivity (Wildman–Crippen MR) is 42.3 cm³/mol. The van der Waals surface area contributed by atoms with Crippen molar-refractivity contribution >= 4 is 5.90 Å². The van der Waals surface area contributed by atoms with E-state index in [1.807, 2.05) is 6.92 Å². The quantitative estimate of drug-likeness (QED) is 0.501. The normalized spacial score (nSPS) is 25.3. The van der Waals surface area contributed by atoms with Gasteiger partial charge in [-0.25, -0.2) is 4.99 Å². The van der Waals surface area contributed by atoms with Gasteiger partial charge in [-0.15, -0.1) is 0 Å². The highest BCUT2D eigenvalue weighted by molar-refractivity contribution is 5.93. The second-order valence-corrected chi connectivity index (χ2v) is 2.61. The van der Waals surface area contributed by atoms with E-state index >= 15 is 0 Å². The van der Waals surface area contributed by atoms with Gasteiger partial charge in [0.2, 0.25) is 5.90 Å². The minimum absolute atomic E-state index is 0.388. The molecule has 1 rings (SSSR count). The van der Waals surface area contributed by atoms with Crippen LogP contribution in [-0.4, -0.2) is 19.0 Å². The number of hydrogen-bond acceptors (Lipinski definition) is 2. The summed E-state index contributed by atoms with van der Waals surface area (Å²) in [5.41, 5.74) is 1.15. The summed E-state index contributed by atoms with van der Waals surface area (Å²) in [6, 6.07) is 0.388. The minimum Gasteiger partial charge on any atom is -0.481 e. The van der Waals surface area contributed by atoms with Gasteiger partial charge in [0, 0.05) is 5.57 Å². The van der Waals surface area contributed by atoms with Crippen LogP contribution in [0.1, 0.15) is 20.3 Å². The monoisotopic (exact) mass is 139 g/mol. The van der Waals surface area contributed by atoms with Crippen LogP contribution in [0.15, 0.2) is 16.6 Å². The van der Waals surface area contributed by atoms with Crippen molar-refractivity contribution in [1.82, 2.24) is 0 Å². The molecular formula is C8H13NO. The van der Waals surface area contributed by atoms with Gasteiger partial charge in [0.25, 0.3) is 0 Å². The van der Waals surface area contributed by atoms with Gasteiger partial charge in [-0.05, 0) is 20.3 Å². The first-order valence-corrected chi connectivity index (χ1v) is 3.53. The highest BCUT2D eigenvalue weighted by Crippen LogP contribution is 2.12. The molecule has 0 aromatic heterocycles. The third-order valence-corrected chi connectivity index (χ3v) is 1.63. The van der Waals surface area contributed by atoms with Gasteiger partial charge in [0.05, 0.1) is 13.2 Å². The lowest BCUT2D eigenvalue weighted by molar-refractivity contribution is 0.395. The zero-order chi connectivity index (χ0) is 7.56. The molecule has 0 amide bonds. The summed E-state index contributed by atoms with van der Waals surface area (Å²) in [7, 11) is 1.66. The number of nitrogens with zero attached hydrogens (tertiary/aromatic N) is 1. The average molecular weight is 139 g/mol. The van der Waals surface area contributed by atoms with E-state index in [9.17, 15) is 0 Å². The Balaban J connectivity index is 2.74. The molecule has 0 saturated heterocycles. The number of rotatable bonds is 0. The predicted octanol–water partition coefficient (Wildman–Crippen LogP) is 1.77. The first-order chi connectivity index (χ1) is 4.74. The van der Waals surface area contributed by atoms with Crippen LogP contribution in [0.5, 0.6) is 0 Å². The SMILES string of the molecule is COC1=NC(C)CC=C1C. The standard InChI is InChI=1S/C8H13NO/c1-6-4-5-7(2)9-8(6)10-3/h4,7H,5H2,1-3H3. The number of ether oxygens (including phenoxy) is 1. The molecule has 2 heteroatoms. The van der Waals surface area contributed by atoms with Gasteiger partial charge in [-0.3, -0.25) is 0 Å². The maximum Gasteiger partial charge on any atom is 0.211 e. The summed E-state index contributed by atoms with van der Waals surface area (Å²) in [5.74, 6) is 0.791. The van der Waals surface area contributed by atoms with Gasteiger partial charge < -0.3 is 4.74 Å². The molecular weight excluding hydrogens is 126 g/mol. The van der Waals surface area contributed by atoms with Crippen LogP contribution < -0.4 is 0 Å². The number of dihydropyridines is 1. The Bertz CT molecular complexity index is 182. The Labute approximate surface area is 61.6 Å². The molecule has 10 heavy (non-hydrogen) atoms. The Kier molecular flexibility index (Phi) is 2.10. The maximum atomic E-state index is 5.06. The van der Waals surface area contributed by atoms with Crippen molar-refractivity contribution in [2.75, 3.05) is 7.11 Å². The molecule has 0 fully saturated rings. The highest BCUT2D eigenvalue weighted by Gasteiger charge is 2.09. The molecule has 0 aliphatic carbocycles. The molecule has 1 aliphatic rings. The summed E-state index contributed by atoms with van der Waals surface area (Å²) in [5, 5.41) is 0. The summed E-state index contributed by atoms with van der Waals surface area (Å²) < 4.78 is 5.06. The molecule has 56 valence electrons. The fraction of sp³-hybridized carbons (Fsp3) is 0.625. The van der Waals surface area contributed by atoms with Crippen molar-refractivity contribution in [1.29, 1.82) is 0 Å². The lowest BCUT2D eigenvalue weighted by Crippen LogP contribution is -2.13. The van der Waals surface area contributed by atoms with Crippen molar-refractivity contribution in [2.24, 2.45) is 4.99 Å². The largest absolute Gasteiger partial charge is 0.481 e. The van der Waals surface area contributed by atoms with E-state index in [1.54, 1.807) is 7.11 Å². The molecule has 0 aromatic rings. The van der Waals surface area contributed by atoms with Gasteiger partial charge >= 0.3 is 0 Å². The third kappa shape index (κ3) is 1.38. The van der Waals surface area contributed by atoms with Crippen LogP contribution in [0.4, 0.5) is 0 Å². The molecule has 0 saturated carbocycles. The molecule has 0 bridgehead atoms. The molecule has 1 aliphatic heterocycles. The smallest absolute Gasteiger partial charge is 0.211 e. The van der Waals surface area contributed by atoms with Crippen molar-refractivity contribution in [3.63, 3.8) is 0 Å². The molecule has 0 N–H and O–H groups in total. The van der Waals surface area contributed by atoms with Crippen molar-refractivity contribution in [2.45, 2.75) is 26.3 Å². The van der Waals surface area contributed by atoms with Gasteiger partial charge in [-0.2, -0.15) is 0 Å². The number of methoxy groups -OCH3 is 1. The second kappa shape index (κ2) is 2.86. The number of aliphatic imine (C=N–C) groups is 1. The van der Waals surface area contributed by atoms with Crippen molar-refractivity contribution in [3.05, 3.63) is 11.6 Å². The van der Waals surface area contributed by atoms with Crippen LogP contribution in [0.2, 0.25) is 0 Å². The topological polar surface area (TPSA) is 21.6 Å². The number of hydrogen-bond donors (Lipinski definition) is 0. The summed E-state index contributed by atoms with van der Waals surface area (Å²) in [6.07, 6.45) is 3.20. The van der Waals surface area contributed by atoms with E-state index in [4.69, 9.17) is 4.74 Å². The fourth-order valence-electron chi connectivity index (χ4n) is 1.00. The minimum atomic E-state index is 0.388. The van der Waals surface area contributed by atoms with E-state index in [0.29, 0.717) is 6.04 Å². The molecule has 1 heterocycles. The lowest BCUT2D eigenvalue weighted by atomic mass is 10.1. The Hall–Kier alpha value is -0.790. The van der Waals surface area contributed by atoms with E-state index in [0.717, 1.165) is 17.9 Å². The van der Waals surface area contributed by atoms with Crippen LogP contribution in [0, 0.1) is 0 Å². The molecule has 0 spiro atoms. The van der Waals surface area contributed by atoms with Crippen molar-refractivity contribution < 1.29 is 4.74 Å².